The Balaban J connectivity index is 4.63. The fourth-order valence-electron chi connectivity index (χ4n) is 0.0778. The van der Waals surface area contributed by atoms with Crippen LogP contribution in [0.25, 0.3) is 0 Å². The van der Waals surface area contributed by atoms with E-state index < -0.39 is 6.05 Å². The maximum Gasteiger partial charge on any atom is 0.0639 e. The molecule has 0 fully saturated rings. The van der Waals surface area contributed by atoms with Crippen LogP contribution in [0.4, 0.5) is 0 Å². The molecule has 0 aliphatic heterocycles. The summed E-state index contributed by atoms with van der Waals surface area (Å²) in [6.07, 6.45) is 0.667. The van der Waals surface area contributed by atoms with Gasteiger partial charge in [-0.25, -0.2) is 0 Å². The third-order valence-electron chi connectivity index (χ3n) is 0.217. The lowest BCUT2D eigenvalue weighted by Crippen LogP contribution is -1.50. The van der Waals surface area contributed by atoms with E-state index in [1.807, 2.05) is 0 Å². The standard InChI is InChI=1S/C5H7N/c1-2-3-4-5-6/h2-6H,1H2/b4-3-,6-5?/i1D,2D,3D,4D/b2-1?,4-3-,6-5?. The summed E-state index contributed by atoms with van der Waals surface area (Å²) in [5.41, 5.74) is 0. The lowest BCUT2D eigenvalue weighted by atomic mass is 10.5. The second-order valence-corrected chi connectivity index (χ2v) is 0.558. The Morgan fingerprint density at radius 1 is 1.83 bits per heavy atom. The van der Waals surface area contributed by atoms with Gasteiger partial charge in [0.1, 0.15) is 0 Å². The van der Waals surface area contributed by atoms with E-state index in [-0.39, 0.29) is 12.1 Å². The predicted octanol–water partition coefficient (Wildman–Crippen LogP) is 1.38. The highest BCUT2D eigenvalue weighted by atomic mass is 14.3. The Bertz CT molecular complexity index is 194. The summed E-state index contributed by atoms with van der Waals surface area (Å²) in [6, 6.07) is -1.10. The lowest BCUT2D eigenvalue weighted by Gasteiger charge is -1.59. The van der Waals surface area contributed by atoms with Crippen LogP contribution in [0.1, 0.15) is 5.48 Å². The summed E-state index contributed by atoms with van der Waals surface area (Å²) in [4.78, 5) is 0. The largest absolute Gasteiger partial charge is 0.309 e. The van der Waals surface area contributed by atoms with Crippen molar-refractivity contribution in [3.05, 3.63) is 24.7 Å². The Morgan fingerprint density at radius 3 is 3.17 bits per heavy atom. The highest BCUT2D eigenvalue weighted by molar-refractivity contribution is 5.67. The van der Waals surface area contributed by atoms with E-state index in [0.29, 0.717) is 12.8 Å². The Hall–Kier alpha value is -0.850. The second-order valence-electron chi connectivity index (χ2n) is 0.558. The van der Waals surface area contributed by atoms with Crippen LogP contribution >= 0.6 is 0 Å². The van der Waals surface area contributed by atoms with Crippen LogP contribution < -0.4 is 0 Å². The van der Waals surface area contributed by atoms with E-state index in [1.165, 1.54) is 0 Å². The topological polar surface area (TPSA) is 23.9 Å². The first-order valence-electron chi connectivity index (χ1n) is 3.44. The van der Waals surface area contributed by atoms with Gasteiger partial charge in [0, 0.05) is 6.21 Å². The highest BCUT2D eigenvalue weighted by Crippen LogP contribution is 1.63. The summed E-state index contributed by atoms with van der Waals surface area (Å²) < 4.78 is 27.2. The average molecular weight is 85.1 g/mol. The molecule has 0 heterocycles. The first-order chi connectivity index (χ1) is 4.63. The van der Waals surface area contributed by atoms with E-state index in [4.69, 9.17) is 10.9 Å². The van der Waals surface area contributed by atoms with Crippen LogP contribution in [-0.4, -0.2) is 6.21 Å². The molecular formula is C5H7N. The fraction of sp³-hybridized carbons (Fsp3) is 0. The summed E-state index contributed by atoms with van der Waals surface area (Å²) in [6.45, 7) is 0.667. The molecule has 0 saturated carbocycles. The monoisotopic (exact) mass is 85.1 g/mol. The zero-order valence-electron chi connectivity index (χ0n) is 7.15. The molecule has 32 valence electrons. The average Bonchev–Trinajstić information content (AvgIpc) is 2.00. The molecule has 0 bridgehead atoms. The molecule has 0 aliphatic rings. The molecule has 0 rings (SSSR count). The molecule has 0 spiro atoms. The van der Waals surface area contributed by atoms with Gasteiger partial charge in [-0.05, 0) is 6.05 Å². The summed E-state index contributed by atoms with van der Waals surface area (Å²) >= 11 is 0. The SMILES string of the molecule is [2H]C=C([2H])/C([2H])=C(/[2H])C=N. The lowest BCUT2D eigenvalue weighted by molar-refractivity contribution is 1.58. The summed E-state index contributed by atoms with van der Waals surface area (Å²) in [5, 5.41) is 6.55. The van der Waals surface area contributed by atoms with Crippen molar-refractivity contribution < 1.29 is 5.48 Å². The Kier molecular flexibility index (Phi) is 0.924. The van der Waals surface area contributed by atoms with Gasteiger partial charge in [-0.1, -0.05) is 18.7 Å². The molecular weight excluding hydrogens is 74.1 g/mol. The van der Waals surface area contributed by atoms with Crippen molar-refractivity contribution in [1.82, 2.24) is 0 Å². The van der Waals surface area contributed by atoms with Crippen LogP contribution in [0.2, 0.25) is 0 Å². The minimum atomic E-state index is -0.398. The minimum Gasteiger partial charge on any atom is -0.309 e. The molecule has 0 aliphatic carbocycles. The summed E-state index contributed by atoms with van der Waals surface area (Å²) in [5.74, 6) is 0. The maximum absolute atomic E-state index is 6.95. The van der Waals surface area contributed by atoms with Crippen LogP contribution in [0, 0.1) is 5.41 Å². The fourth-order valence-corrected chi connectivity index (χ4v) is 0.0778. The molecule has 0 aromatic carbocycles. The van der Waals surface area contributed by atoms with Gasteiger partial charge in [-0.15, -0.1) is 0 Å². The number of rotatable bonds is 2. The van der Waals surface area contributed by atoms with Gasteiger partial charge in [0.05, 0.1) is 5.48 Å². The van der Waals surface area contributed by atoms with Crippen molar-refractivity contribution in [2.45, 2.75) is 0 Å². The Labute approximate surface area is 43.1 Å². The molecule has 1 N–H and O–H groups in total. The van der Waals surface area contributed by atoms with Crippen LogP contribution in [0.15, 0.2) is 24.7 Å². The van der Waals surface area contributed by atoms with Gasteiger partial charge in [-0.3, -0.25) is 0 Å². The van der Waals surface area contributed by atoms with Crippen molar-refractivity contribution in [1.29, 1.82) is 5.41 Å². The minimum absolute atomic E-state index is 0.353. The van der Waals surface area contributed by atoms with Crippen molar-refractivity contribution in [3.63, 3.8) is 0 Å². The molecule has 0 atom stereocenters. The third kappa shape index (κ3) is 3.15. The van der Waals surface area contributed by atoms with E-state index in [0.717, 1.165) is 0 Å². The summed E-state index contributed by atoms with van der Waals surface area (Å²) in [7, 11) is 0. The van der Waals surface area contributed by atoms with E-state index >= 15 is 0 Å². The van der Waals surface area contributed by atoms with Gasteiger partial charge >= 0.3 is 0 Å². The van der Waals surface area contributed by atoms with Crippen LogP contribution in [-0.2, 0) is 0 Å². The zero-order chi connectivity index (χ0) is 8.15. The van der Waals surface area contributed by atoms with Crippen molar-refractivity contribution in [2.75, 3.05) is 0 Å². The van der Waals surface area contributed by atoms with Gasteiger partial charge in [0.25, 0.3) is 0 Å². The number of allylic oxidation sites excluding steroid dienone is 3. The van der Waals surface area contributed by atoms with Gasteiger partial charge in [-0.2, -0.15) is 0 Å². The first-order valence-corrected chi connectivity index (χ1v) is 1.37. The van der Waals surface area contributed by atoms with Crippen molar-refractivity contribution in [2.24, 2.45) is 0 Å². The Morgan fingerprint density at radius 2 is 2.67 bits per heavy atom. The predicted molar refractivity (Wildman–Crippen MR) is 28.1 cm³/mol. The number of hydrogen-bond donors (Lipinski definition) is 1. The molecule has 1 nitrogen and oxygen atoms in total. The molecule has 0 radical (unpaired) electrons. The molecule has 0 saturated heterocycles. The molecule has 6 heavy (non-hydrogen) atoms. The van der Waals surface area contributed by atoms with E-state index in [1.54, 1.807) is 0 Å². The van der Waals surface area contributed by atoms with Gasteiger partial charge < -0.3 is 5.41 Å². The third-order valence-corrected chi connectivity index (χ3v) is 0.217. The normalized spacial score (nSPS) is 25.0. The smallest absolute Gasteiger partial charge is 0.0639 e. The molecule has 0 aromatic heterocycles. The molecule has 0 amide bonds. The first kappa shape index (κ1) is 1.34. The number of hydrogen-bond acceptors (Lipinski definition) is 1. The van der Waals surface area contributed by atoms with Gasteiger partial charge in [0.2, 0.25) is 0 Å². The molecule has 0 aromatic rings. The molecule has 1 heteroatoms. The zero-order valence-corrected chi connectivity index (χ0v) is 3.15. The second kappa shape index (κ2) is 4.15. The van der Waals surface area contributed by atoms with Crippen molar-refractivity contribution in [3.8, 4) is 0 Å². The quantitative estimate of drug-likeness (QED) is 0.387. The van der Waals surface area contributed by atoms with E-state index in [9.17, 15) is 0 Å². The van der Waals surface area contributed by atoms with Gasteiger partial charge in [0.15, 0.2) is 0 Å². The van der Waals surface area contributed by atoms with Crippen LogP contribution in [0.3, 0.4) is 0 Å². The maximum atomic E-state index is 6.95. The van der Waals surface area contributed by atoms with Crippen LogP contribution in [0.5, 0.6) is 0 Å². The highest BCUT2D eigenvalue weighted by Gasteiger charge is 1.48. The van der Waals surface area contributed by atoms with Crippen molar-refractivity contribution >= 4 is 6.21 Å². The molecule has 0 unspecified atom stereocenters. The van der Waals surface area contributed by atoms with E-state index in [2.05, 4.69) is 0 Å². The number of nitrogens with one attached hydrogen (secondary N) is 1.